The molecule has 0 spiro atoms. The monoisotopic (exact) mass is 265 g/mol. The van der Waals surface area contributed by atoms with Gasteiger partial charge in [0.05, 0.1) is 6.54 Å². The van der Waals surface area contributed by atoms with Gasteiger partial charge in [-0.3, -0.25) is 0 Å². The molecular weight excluding hydrogens is 261 g/mol. The van der Waals surface area contributed by atoms with Gasteiger partial charge in [0.15, 0.2) is 23.3 Å². The molecule has 0 saturated carbocycles. The Kier molecular flexibility index (Phi) is 2.99. The van der Waals surface area contributed by atoms with Gasteiger partial charge in [0.1, 0.15) is 5.56 Å². The Hall–Kier alpha value is -2.03. The van der Waals surface area contributed by atoms with Crippen molar-refractivity contribution >= 4 is 0 Å². The SMILES string of the molecule is NCc1nc(-c2c(F)c(F)c(F)c(F)c2F)no1. The molecular formula is C9H4F5N3O. The summed E-state index contributed by atoms with van der Waals surface area (Å²) in [5.41, 5.74) is 3.85. The van der Waals surface area contributed by atoms with Crippen molar-refractivity contribution in [3.8, 4) is 11.4 Å². The summed E-state index contributed by atoms with van der Waals surface area (Å²) in [6.07, 6.45) is 0. The van der Waals surface area contributed by atoms with E-state index in [9.17, 15) is 22.0 Å². The first-order chi connectivity index (χ1) is 8.47. The van der Waals surface area contributed by atoms with Crippen molar-refractivity contribution in [2.75, 3.05) is 0 Å². The number of nitrogens with two attached hydrogens (primary N) is 1. The summed E-state index contributed by atoms with van der Waals surface area (Å²) in [5.74, 6) is -11.4. The smallest absolute Gasteiger partial charge is 0.240 e. The van der Waals surface area contributed by atoms with Crippen molar-refractivity contribution in [2.45, 2.75) is 6.54 Å². The first-order valence-electron chi connectivity index (χ1n) is 4.51. The molecule has 0 aliphatic carbocycles. The van der Waals surface area contributed by atoms with Crippen LogP contribution in [0.2, 0.25) is 0 Å². The number of hydrogen-bond acceptors (Lipinski definition) is 4. The molecule has 2 aromatic rings. The van der Waals surface area contributed by atoms with Crippen LogP contribution in [0, 0.1) is 29.1 Å². The van der Waals surface area contributed by atoms with Gasteiger partial charge in [0.2, 0.25) is 17.5 Å². The molecule has 2 N–H and O–H groups in total. The molecule has 0 bridgehead atoms. The molecule has 1 heterocycles. The number of benzene rings is 1. The molecule has 18 heavy (non-hydrogen) atoms. The predicted octanol–water partition coefficient (Wildman–Crippen LogP) is 1.89. The van der Waals surface area contributed by atoms with E-state index in [1.54, 1.807) is 0 Å². The Morgan fingerprint density at radius 2 is 1.39 bits per heavy atom. The first kappa shape index (κ1) is 12.4. The van der Waals surface area contributed by atoms with Crippen LogP contribution in [0.5, 0.6) is 0 Å². The van der Waals surface area contributed by atoms with Crippen LogP contribution in [-0.4, -0.2) is 10.1 Å². The number of aromatic nitrogens is 2. The fourth-order valence-corrected chi connectivity index (χ4v) is 1.24. The van der Waals surface area contributed by atoms with E-state index in [-0.39, 0.29) is 12.4 Å². The number of hydrogen-bond donors (Lipinski definition) is 1. The van der Waals surface area contributed by atoms with Gasteiger partial charge in [0, 0.05) is 0 Å². The molecule has 4 nitrogen and oxygen atoms in total. The molecule has 96 valence electrons. The van der Waals surface area contributed by atoms with Crippen LogP contribution in [0.3, 0.4) is 0 Å². The lowest BCUT2D eigenvalue weighted by Crippen LogP contribution is -2.05. The predicted molar refractivity (Wildman–Crippen MR) is 47.4 cm³/mol. The number of rotatable bonds is 2. The minimum absolute atomic E-state index is 0.200. The van der Waals surface area contributed by atoms with Crippen LogP contribution in [-0.2, 0) is 6.54 Å². The van der Waals surface area contributed by atoms with Crippen LogP contribution in [0.15, 0.2) is 4.52 Å². The van der Waals surface area contributed by atoms with Crippen LogP contribution in [0.1, 0.15) is 5.89 Å². The van der Waals surface area contributed by atoms with Gasteiger partial charge in [-0.2, -0.15) is 4.98 Å². The highest BCUT2D eigenvalue weighted by Crippen LogP contribution is 2.29. The Morgan fingerprint density at radius 1 is 0.889 bits per heavy atom. The van der Waals surface area contributed by atoms with Gasteiger partial charge in [-0.25, -0.2) is 22.0 Å². The lowest BCUT2D eigenvalue weighted by Gasteiger charge is -2.03. The fraction of sp³-hybridized carbons (Fsp3) is 0.111. The van der Waals surface area contributed by atoms with E-state index in [4.69, 9.17) is 5.73 Å². The maximum Gasteiger partial charge on any atom is 0.240 e. The van der Waals surface area contributed by atoms with Gasteiger partial charge < -0.3 is 10.3 Å². The van der Waals surface area contributed by atoms with Gasteiger partial charge in [-0.15, -0.1) is 0 Å². The van der Waals surface area contributed by atoms with E-state index < -0.39 is 40.5 Å². The maximum absolute atomic E-state index is 13.3. The minimum atomic E-state index is -2.25. The van der Waals surface area contributed by atoms with Crippen LogP contribution >= 0.6 is 0 Å². The maximum atomic E-state index is 13.3. The molecule has 0 saturated heterocycles. The number of nitrogens with zero attached hydrogens (tertiary/aromatic N) is 2. The van der Waals surface area contributed by atoms with Crippen molar-refractivity contribution in [3.05, 3.63) is 35.0 Å². The van der Waals surface area contributed by atoms with Crippen molar-refractivity contribution in [3.63, 3.8) is 0 Å². The third-order valence-corrected chi connectivity index (χ3v) is 2.08. The quantitative estimate of drug-likeness (QED) is 0.511. The summed E-state index contributed by atoms with van der Waals surface area (Å²) < 4.78 is 69.7. The molecule has 0 atom stereocenters. The van der Waals surface area contributed by atoms with E-state index in [1.165, 1.54) is 0 Å². The number of halogens is 5. The summed E-state index contributed by atoms with van der Waals surface area (Å²) in [6.45, 7) is -0.234. The van der Waals surface area contributed by atoms with Gasteiger partial charge in [0.25, 0.3) is 0 Å². The minimum Gasteiger partial charge on any atom is -0.338 e. The largest absolute Gasteiger partial charge is 0.338 e. The van der Waals surface area contributed by atoms with Crippen LogP contribution in [0.4, 0.5) is 22.0 Å². The fourth-order valence-electron chi connectivity index (χ4n) is 1.24. The van der Waals surface area contributed by atoms with Crippen LogP contribution < -0.4 is 5.73 Å². The summed E-state index contributed by atoms with van der Waals surface area (Å²) in [7, 11) is 0. The second-order valence-electron chi connectivity index (χ2n) is 3.16. The van der Waals surface area contributed by atoms with E-state index >= 15 is 0 Å². The Morgan fingerprint density at radius 3 is 1.83 bits per heavy atom. The Bertz CT molecular complexity index is 583. The molecule has 2 rings (SSSR count). The van der Waals surface area contributed by atoms with Crippen molar-refractivity contribution < 1.29 is 26.5 Å². The van der Waals surface area contributed by atoms with Crippen LogP contribution in [0.25, 0.3) is 11.4 Å². The second-order valence-corrected chi connectivity index (χ2v) is 3.16. The third kappa shape index (κ3) is 1.72. The average molecular weight is 265 g/mol. The molecule has 9 heteroatoms. The van der Waals surface area contributed by atoms with E-state index in [0.29, 0.717) is 0 Å². The van der Waals surface area contributed by atoms with E-state index in [0.717, 1.165) is 0 Å². The zero-order valence-corrected chi connectivity index (χ0v) is 8.48. The lowest BCUT2D eigenvalue weighted by molar-refractivity contribution is 0.373. The topological polar surface area (TPSA) is 64.9 Å². The molecule has 0 fully saturated rings. The Balaban J connectivity index is 2.71. The third-order valence-electron chi connectivity index (χ3n) is 2.08. The lowest BCUT2D eigenvalue weighted by atomic mass is 10.1. The van der Waals surface area contributed by atoms with Crippen molar-refractivity contribution in [1.82, 2.24) is 10.1 Å². The van der Waals surface area contributed by atoms with Crippen molar-refractivity contribution in [1.29, 1.82) is 0 Å². The van der Waals surface area contributed by atoms with Gasteiger partial charge in [-0.1, -0.05) is 5.16 Å². The normalized spacial score (nSPS) is 11.0. The molecule has 1 aromatic heterocycles. The highest BCUT2D eigenvalue weighted by atomic mass is 19.2. The van der Waals surface area contributed by atoms with Gasteiger partial charge >= 0.3 is 0 Å². The molecule has 0 aliphatic rings. The summed E-state index contributed by atoms with van der Waals surface area (Å²) in [6, 6.07) is 0. The molecule has 0 radical (unpaired) electrons. The first-order valence-corrected chi connectivity index (χ1v) is 4.51. The zero-order valence-electron chi connectivity index (χ0n) is 8.48. The molecule has 0 unspecified atom stereocenters. The van der Waals surface area contributed by atoms with Crippen molar-refractivity contribution in [2.24, 2.45) is 5.73 Å². The molecule has 0 amide bonds. The Labute approximate surface area is 96.2 Å². The van der Waals surface area contributed by atoms with E-state index in [1.807, 2.05) is 0 Å². The summed E-state index contributed by atoms with van der Waals surface area (Å²) >= 11 is 0. The zero-order chi connectivity index (χ0) is 13.4. The second kappa shape index (κ2) is 4.33. The average Bonchev–Trinajstić information content (AvgIpc) is 2.83. The van der Waals surface area contributed by atoms with E-state index in [2.05, 4.69) is 14.7 Å². The highest BCUT2D eigenvalue weighted by molar-refractivity contribution is 5.56. The standard InChI is InChI=1S/C9H4F5N3O/c10-4-3(9-16-2(1-15)18-17-9)5(11)7(13)8(14)6(4)12/h1,15H2. The summed E-state index contributed by atoms with van der Waals surface area (Å²) in [5, 5.41) is 3.09. The molecule has 0 aliphatic heterocycles. The van der Waals surface area contributed by atoms with Gasteiger partial charge in [-0.05, 0) is 0 Å². The highest BCUT2D eigenvalue weighted by Gasteiger charge is 2.29. The molecule has 1 aromatic carbocycles. The summed E-state index contributed by atoms with van der Waals surface area (Å²) in [4.78, 5) is 3.39.